The lowest BCUT2D eigenvalue weighted by atomic mass is 10.2. The fraction of sp³-hybridized carbons (Fsp3) is 0.143. The number of carbonyl (C=O) groups excluding carboxylic acids is 2. The van der Waals surface area contributed by atoms with Crippen molar-refractivity contribution in [3.63, 3.8) is 0 Å². The molecule has 0 aliphatic rings. The summed E-state index contributed by atoms with van der Waals surface area (Å²) < 4.78 is 4.63. The SMILES string of the molecule is O=[C]CC(=O)c1ccoc1. The summed E-state index contributed by atoms with van der Waals surface area (Å²) in [6, 6.07) is 1.51. The zero-order chi connectivity index (χ0) is 7.40. The second kappa shape index (κ2) is 2.96. The van der Waals surface area contributed by atoms with Gasteiger partial charge in [-0.3, -0.25) is 9.59 Å². The van der Waals surface area contributed by atoms with Gasteiger partial charge in [0, 0.05) is 0 Å². The molecule has 0 atom stereocenters. The fourth-order valence-electron chi connectivity index (χ4n) is 0.591. The van der Waals surface area contributed by atoms with Crippen LogP contribution in [0.4, 0.5) is 0 Å². The summed E-state index contributed by atoms with van der Waals surface area (Å²) in [5, 5.41) is 0. The Bertz CT molecular complexity index is 223. The van der Waals surface area contributed by atoms with Crippen LogP contribution in [0.5, 0.6) is 0 Å². The summed E-state index contributed by atoms with van der Waals surface area (Å²) in [6.07, 6.45) is 4.01. The van der Waals surface area contributed by atoms with Crippen LogP contribution in [0.15, 0.2) is 23.0 Å². The van der Waals surface area contributed by atoms with Crippen molar-refractivity contribution in [3.8, 4) is 0 Å². The van der Waals surface area contributed by atoms with Gasteiger partial charge in [-0.05, 0) is 6.07 Å². The first-order valence-electron chi connectivity index (χ1n) is 2.75. The predicted molar refractivity (Wildman–Crippen MR) is 33.3 cm³/mol. The first-order chi connectivity index (χ1) is 4.84. The minimum absolute atomic E-state index is 0.195. The van der Waals surface area contributed by atoms with Crippen LogP contribution in [0, 0.1) is 0 Å². The molecule has 0 fully saturated rings. The second-order valence-corrected chi connectivity index (χ2v) is 1.76. The Morgan fingerprint density at radius 3 is 3.00 bits per heavy atom. The molecule has 1 heterocycles. The number of hydrogen-bond donors (Lipinski definition) is 0. The van der Waals surface area contributed by atoms with E-state index in [-0.39, 0.29) is 12.2 Å². The molecule has 0 aromatic carbocycles. The van der Waals surface area contributed by atoms with Crippen LogP contribution in [0.2, 0.25) is 0 Å². The van der Waals surface area contributed by atoms with Crippen LogP contribution < -0.4 is 0 Å². The van der Waals surface area contributed by atoms with Gasteiger partial charge < -0.3 is 4.42 Å². The van der Waals surface area contributed by atoms with Crippen LogP contribution >= 0.6 is 0 Å². The standard InChI is InChI=1S/C7H5O3/c8-3-1-7(9)6-2-4-10-5-6/h2,4-5H,1H2. The van der Waals surface area contributed by atoms with E-state index in [1.165, 1.54) is 24.9 Å². The molecule has 0 spiro atoms. The molecule has 1 aromatic heterocycles. The summed E-state index contributed by atoms with van der Waals surface area (Å²) in [6.45, 7) is 0. The Morgan fingerprint density at radius 2 is 2.50 bits per heavy atom. The van der Waals surface area contributed by atoms with Gasteiger partial charge in [0.15, 0.2) is 5.78 Å². The molecular weight excluding hydrogens is 132 g/mol. The van der Waals surface area contributed by atoms with Gasteiger partial charge in [-0.2, -0.15) is 0 Å². The Morgan fingerprint density at radius 1 is 1.70 bits per heavy atom. The van der Waals surface area contributed by atoms with E-state index >= 15 is 0 Å². The highest BCUT2D eigenvalue weighted by atomic mass is 16.3. The lowest BCUT2D eigenvalue weighted by Gasteiger charge is -1.84. The summed E-state index contributed by atoms with van der Waals surface area (Å²) in [5.74, 6) is -0.260. The monoisotopic (exact) mass is 137 g/mol. The largest absolute Gasteiger partial charge is 0.472 e. The van der Waals surface area contributed by atoms with E-state index in [2.05, 4.69) is 4.42 Å². The summed E-state index contributed by atoms with van der Waals surface area (Å²) in [7, 11) is 0. The van der Waals surface area contributed by atoms with E-state index in [1.54, 1.807) is 0 Å². The first kappa shape index (κ1) is 6.74. The maximum absolute atomic E-state index is 10.8. The van der Waals surface area contributed by atoms with Gasteiger partial charge in [0.05, 0.1) is 18.2 Å². The number of furan rings is 1. The van der Waals surface area contributed by atoms with Crippen molar-refractivity contribution < 1.29 is 14.0 Å². The van der Waals surface area contributed by atoms with E-state index in [9.17, 15) is 9.59 Å². The third kappa shape index (κ3) is 1.31. The lowest BCUT2D eigenvalue weighted by molar-refractivity contribution is 0.0999. The van der Waals surface area contributed by atoms with Gasteiger partial charge in [-0.25, -0.2) is 0 Å². The molecule has 1 aromatic rings. The zero-order valence-electron chi connectivity index (χ0n) is 5.16. The number of ketones is 1. The van der Waals surface area contributed by atoms with E-state index in [0.29, 0.717) is 5.56 Å². The second-order valence-electron chi connectivity index (χ2n) is 1.76. The van der Waals surface area contributed by atoms with Gasteiger partial charge in [-0.15, -0.1) is 0 Å². The van der Waals surface area contributed by atoms with Crippen molar-refractivity contribution in [2.24, 2.45) is 0 Å². The van der Waals surface area contributed by atoms with Crippen molar-refractivity contribution in [3.05, 3.63) is 24.2 Å². The number of hydrogen-bond acceptors (Lipinski definition) is 3. The van der Waals surface area contributed by atoms with Crippen molar-refractivity contribution in [2.45, 2.75) is 6.42 Å². The topological polar surface area (TPSA) is 47.3 Å². The Kier molecular flexibility index (Phi) is 1.99. The van der Waals surface area contributed by atoms with Gasteiger partial charge >= 0.3 is 0 Å². The molecule has 3 nitrogen and oxygen atoms in total. The molecule has 1 rings (SSSR count). The third-order valence-corrected chi connectivity index (χ3v) is 1.08. The Labute approximate surface area is 57.6 Å². The normalized spacial score (nSPS) is 9.20. The highest BCUT2D eigenvalue weighted by Gasteiger charge is 2.04. The van der Waals surface area contributed by atoms with Crippen LogP contribution in [-0.2, 0) is 4.79 Å². The van der Waals surface area contributed by atoms with Crippen molar-refractivity contribution >= 4 is 12.1 Å². The Hall–Kier alpha value is -1.38. The summed E-state index contributed by atoms with van der Waals surface area (Å²) in [5.41, 5.74) is 0.420. The van der Waals surface area contributed by atoms with Crippen molar-refractivity contribution in [2.75, 3.05) is 0 Å². The minimum Gasteiger partial charge on any atom is -0.472 e. The molecular formula is C7H5O3. The molecule has 0 aliphatic heterocycles. The van der Waals surface area contributed by atoms with Crippen molar-refractivity contribution in [1.29, 1.82) is 0 Å². The Balaban J connectivity index is 2.68. The molecule has 1 radical (unpaired) electrons. The van der Waals surface area contributed by atoms with Crippen LogP contribution in [0.1, 0.15) is 16.8 Å². The quantitative estimate of drug-likeness (QED) is 0.460. The van der Waals surface area contributed by atoms with Gasteiger partial charge in [-0.1, -0.05) is 0 Å². The summed E-state index contributed by atoms with van der Waals surface area (Å²) in [4.78, 5) is 20.5. The zero-order valence-corrected chi connectivity index (χ0v) is 5.16. The molecule has 0 amide bonds. The molecule has 0 bridgehead atoms. The maximum Gasteiger partial charge on any atom is 0.206 e. The average molecular weight is 137 g/mol. The van der Waals surface area contributed by atoms with E-state index < -0.39 is 0 Å². The maximum atomic E-state index is 10.8. The highest BCUT2D eigenvalue weighted by molar-refractivity contribution is 6.02. The molecule has 51 valence electrons. The number of carbonyl (C=O) groups is 1. The molecule has 0 N–H and O–H groups in total. The van der Waals surface area contributed by atoms with Gasteiger partial charge in [0.1, 0.15) is 6.26 Å². The molecule has 3 heteroatoms. The van der Waals surface area contributed by atoms with E-state index in [0.717, 1.165) is 0 Å². The van der Waals surface area contributed by atoms with E-state index in [4.69, 9.17) is 0 Å². The van der Waals surface area contributed by atoms with Crippen molar-refractivity contribution in [1.82, 2.24) is 0 Å². The molecule has 0 saturated carbocycles. The third-order valence-electron chi connectivity index (χ3n) is 1.08. The highest BCUT2D eigenvalue weighted by Crippen LogP contribution is 2.01. The predicted octanol–water partition coefficient (Wildman–Crippen LogP) is 0.962. The number of Topliss-reactive ketones (excluding diaryl/α,β-unsaturated/α-hetero) is 1. The van der Waals surface area contributed by atoms with Gasteiger partial charge in [0.25, 0.3) is 0 Å². The number of rotatable bonds is 3. The molecule has 0 saturated heterocycles. The smallest absolute Gasteiger partial charge is 0.206 e. The molecule has 10 heavy (non-hydrogen) atoms. The summed E-state index contributed by atoms with van der Waals surface area (Å²) >= 11 is 0. The lowest BCUT2D eigenvalue weighted by Crippen LogP contribution is -1.96. The van der Waals surface area contributed by atoms with Gasteiger partial charge in [0.2, 0.25) is 6.29 Å². The minimum atomic E-state index is -0.260. The fourth-order valence-corrected chi connectivity index (χ4v) is 0.591. The average Bonchev–Trinajstić information content (AvgIpc) is 2.38. The van der Waals surface area contributed by atoms with Crippen LogP contribution in [0.3, 0.4) is 0 Å². The first-order valence-corrected chi connectivity index (χ1v) is 2.75. The molecule has 0 unspecified atom stereocenters. The molecule has 0 aliphatic carbocycles. The van der Waals surface area contributed by atoms with Crippen LogP contribution in [0.25, 0.3) is 0 Å². The van der Waals surface area contributed by atoms with Crippen LogP contribution in [-0.4, -0.2) is 12.1 Å². The van der Waals surface area contributed by atoms with E-state index in [1.807, 2.05) is 0 Å².